The second-order valence-electron chi connectivity index (χ2n) is 3.41. The highest BCUT2D eigenvalue weighted by Crippen LogP contribution is 2.40. The molecule has 1 saturated carbocycles. The zero-order valence-corrected chi connectivity index (χ0v) is 7.39. The van der Waals surface area contributed by atoms with Crippen molar-refractivity contribution < 1.29 is 9.59 Å². The van der Waals surface area contributed by atoms with Gasteiger partial charge in [-0.1, -0.05) is 6.92 Å². The Morgan fingerprint density at radius 3 is 2.42 bits per heavy atom. The quantitative estimate of drug-likeness (QED) is 0.582. The van der Waals surface area contributed by atoms with E-state index < -0.39 is 0 Å². The van der Waals surface area contributed by atoms with Crippen molar-refractivity contribution in [3.8, 4) is 0 Å². The molecule has 4 heteroatoms. The number of rotatable bonds is 2. The van der Waals surface area contributed by atoms with E-state index in [0.717, 1.165) is 6.42 Å². The summed E-state index contributed by atoms with van der Waals surface area (Å²) in [6.07, 6.45) is 1.66. The molecule has 0 saturated heterocycles. The fourth-order valence-electron chi connectivity index (χ4n) is 1.13. The molecule has 0 aromatic rings. The van der Waals surface area contributed by atoms with Crippen LogP contribution in [0, 0.1) is 11.8 Å². The smallest absolute Gasteiger partial charge is 0.238 e. The SMILES string of the molecule is CC(=O)NNC(=O)CC1CC1C. The van der Waals surface area contributed by atoms with E-state index in [2.05, 4.69) is 17.8 Å². The van der Waals surface area contributed by atoms with Gasteiger partial charge in [-0.15, -0.1) is 0 Å². The molecule has 1 fully saturated rings. The molecule has 2 N–H and O–H groups in total. The molecule has 0 aliphatic heterocycles. The molecule has 12 heavy (non-hydrogen) atoms. The number of hydrogen-bond acceptors (Lipinski definition) is 2. The van der Waals surface area contributed by atoms with E-state index in [-0.39, 0.29) is 11.8 Å². The van der Waals surface area contributed by atoms with Gasteiger partial charge < -0.3 is 0 Å². The number of hydrogen-bond donors (Lipinski definition) is 2. The first kappa shape index (κ1) is 9.03. The highest BCUT2D eigenvalue weighted by Gasteiger charge is 2.34. The lowest BCUT2D eigenvalue weighted by Gasteiger charge is -2.03. The Labute approximate surface area is 71.7 Å². The van der Waals surface area contributed by atoms with Crippen molar-refractivity contribution in [2.45, 2.75) is 26.7 Å². The molecule has 1 aliphatic carbocycles. The highest BCUT2D eigenvalue weighted by molar-refractivity contribution is 5.80. The third-order valence-corrected chi connectivity index (χ3v) is 2.10. The summed E-state index contributed by atoms with van der Waals surface area (Å²) in [5, 5.41) is 0. The van der Waals surface area contributed by atoms with Crippen LogP contribution in [0.5, 0.6) is 0 Å². The zero-order chi connectivity index (χ0) is 9.14. The molecule has 68 valence electrons. The Bertz CT molecular complexity index is 203. The first-order valence-corrected chi connectivity index (χ1v) is 4.15. The van der Waals surface area contributed by atoms with Crippen molar-refractivity contribution in [1.82, 2.24) is 10.9 Å². The van der Waals surface area contributed by atoms with Crippen molar-refractivity contribution in [3.05, 3.63) is 0 Å². The van der Waals surface area contributed by atoms with Gasteiger partial charge in [-0.25, -0.2) is 0 Å². The van der Waals surface area contributed by atoms with Crippen molar-refractivity contribution in [3.63, 3.8) is 0 Å². The average molecular weight is 170 g/mol. The van der Waals surface area contributed by atoms with Crippen LogP contribution < -0.4 is 10.9 Å². The lowest BCUT2D eigenvalue weighted by atomic mass is 10.2. The third-order valence-electron chi connectivity index (χ3n) is 2.10. The number of amides is 2. The summed E-state index contributed by atoms with van der Waals surface area (Å²) >= 11 is 0. The molecule has 0 spiro atoms. The maximum atomic E-state index is 11.0. The minimum Gasteiger partial charge on any atom is -0.274 e. The Morgan fingerprint density at radius 1 is 1.42 bits per heavy atom. The number of nitrogens with one attached hydrogen (secondary N) is 2. The fourth-order valence-corrected chi connectivity index (χ4v) is 1.13. The Balaban J connectivity index is 2.08. The molecule has 1 aliphatic rings. The van der Waals surface area contributed by atoms with Crippen LogP contribution >= 0.6 is 0 Å². The molecule has 2 unspecified atom stereocenters. The largest absolute Gasteiger partial charge is 0.274 e. The minimum absolute atomic E-state index is 0.0976. The lowest BCUT2D eigenvalue weighted by Crippen LogP contribution is -2.40. The Morgan fingerprint density at radius 2 is 2.00 bits per heavy atom. The Kier molecular flexibility index (Phi) is 2.68. The predicted molar refractivity (Wildman–Crippen MR) is 43.8 cm³/mol. The normalized spacial score (nSPS) is 26.2. The Hall–Kier alpha value is -1.06. The van der Waals surface area contributed by atoms with Gasteiger partial charge in [0.25, 0.3) is 0 Å². The van der Waals surface area contributed by atoms with Crippen LogP contribution in [0.1, 0.15) is 26.7 Å². The van der Waals surface area contributed by atoms with Crippen molar-refractivity contribution in [2.24, 2.45) is 11.8 Å². The van der Waals surface area contributed by atoms with Crippen molar-refractivity contribution >= 4 is 11.8 Å². The summed E-state index contributed by atoms with van der Waals surface area (Å²) in [6.45, 7) is 3.48. The van der Waals surface area contributed by atoms with Crippen molar-refractivity contribution in [2.75, 3.05) is 0 Å². The van der Waals surface area contributed by atoms with E-state index in [4.69, 9.17) is 0 Å². The first-order chi connectivity index (χ1) is 5.59. The van der Waals surface area contributed by atoms with Crippen molar-refractivity contribution in [1.29, 1.82) is 0 Å². The van der Waals surface area contributed by atoms with Gasteiger partial charge in [0.1, 0.15) is 0 Å². The predicted octanol–water partition coefficient (Wildman–Crippen LogP) is 0.200. The molecule has 2 amide bonds. The van der Waals surface area contributed by atoms with Crippen LogP contribution in [0.4, 0.5) is 0 Å². The van der Waals surface area contributed by atoms with Crippen LogP contribution in [-0.4, -0.2) is 11.8 Å². The highest BCUT2D eigenvalue weighted by atomic mass is 16.2. The molecule has 0 aromatic carbocycles. The van der Waals surface area contributed by atoms with Gasteiger partial charge in [-0.05, 0) is 18.3 Å². The van der Waals surface area contributed by atoms with E-state index in [1.54, 1.807) is 0 Å². The maximum absolute atomic E-state index is 11.0. The molecule has 0 aromatic heterocycles. The second-order valence-corrected chi connectivity index (χ2v) is 3.41. The fraction of sp³-hybridized carbons (Fsp3) is 0.750. The van der Waals surface area contributed by atoms with E-state index in [0.29, 0.717) is 18.3 Å². The topological polar surface area (TPSA) is 58.2 Å². The summed E-state index contributed by atoms with van der Waals surface area (Å²) in [4.78, 5) is 21.4. The molecular formula is C8H14N2O2. The lowest BCUT2D eigenvalue weighted by molar-refractivity contribution is -0.128. The van der Waals surface area contributed by atoms with Gasteiger partial charge in [0.05, 0.1) is 0 Å². The van der Waals surface area contributed by atoms with E-state index in [1.807, 2.05) is 0 Å². The van der Waals surface area contributed by atoms with Crippen LogP contribution in [-0.2, 0) is 9.59 Å². The number of hydrazine groups is 1. The summed E-state index contributed by atoms with van der Waals surface area (Å²) < 4.78 is 0. The standard InChI is InChI=1S/C8H14N2O2/c1-5-3-7(5)4-8(12)10-9-6(2)11/h5,7H,3-4H2,1-2H3,(H,9,11)(H,10,12). The van der Waals surface area contributed by atoms with Crippen LogP contribution in [0.2, 0.25) is 0 Å². The minimum atomic E-state index is -0.243. The average Bonchev–Trinajstić information content (AvgIpc) is 2.62. The zero-order valence-electron chi connectivity index (χ0n) is 7.39. The summed E-state index contributed by atoms with van der Waals surface area (Å²) in [7, 11) is 0. The van der Waals surface area contributed by atoms with Gasteiger partial charge in [0.15, 0.2) is 0 Å². The molecule has 0 bridgehead atoms. The summed E-state index contributed by atoms with van der Waals surface area (Å²) in [5.41, 5.74) is 4.59. The van der Waals surface area contributed by atoms with E-state index in [1.165, 1.54) is 6.92 Å². The summed E-state index contributed by atoms with van der Waals surface area (Å²) in [6, 6.07) is 0. The molecule has 2 atom stereocenters. The number of carbonyl (C=O) groups excluding carboxylic acids is 2. The van der Waals surface area contributed by atoms with Crippen LogP contribution in [0.15, 0.2) is 0 Å². The molecule has 0 radical (unpaired) electrons. The third kappa shape index (κ3) is 2.90. The van der Waals surface area contributed by atoms with E-state index >= 15 is 0 Å². The molecule has 1 rings (SSSR count). The molecular weight excluding hydrogens is 156 g/mol. The van der Waals surface area contributed by atoms with E-state index in [9.17, 15) is 9.59 Å². The molecule has 0 heterocycles. The van der Waals surface area contributed by atoms with Gasteiger partial charge in [-0.2, -0.15) is 0 Å². The monoisotopic (exact) mass is 170 g/mol. The van der Waals surface area contributed by atoms with Gasteiger partial charge in [0.2, 0.25) is 11.8 Å². The molecule has 4 nitrogen and oxygen atoms in total. The summed E-state index contributed by atoms with van der Waals surface area (Å²) in [5.74, 6) is 0.860. The van der Waals surface area contributed by atoms with Crippen LogP contribution in [0.3, 0.4) is 0 Å². The maximum Gasteiger partial charge on any atom is 0.238 e. The van der Waals surface area contributed by atoms with Gasteiger partial charge >= 0.3 is 0 Å². The van der Waals surface area contributed by atoms with Crippen LogP contribution in [0.25, 0.3) is 0 Å². The van der Waals surface area contributed by atoms with Gasteiger partial charge in [0, 0.05) is 13.3 Å². The second kappa shape index (κ2) is 3.56. The van der Waals surface area contributed by atoms with Gasteiger partial charge in [-0.3, -0.25) is 20.4 Å². The first-order valence-electron chi connectivity index (χ1n) is 4.15. The number of carbonyl (C=O) groups is 2.